The van der Waals surface area contributed by atoms with Crippen molar-refractivity contribution in [2.24, 2.45) is 0 Å². The summed E-state index contributed by atoms with van der Waals surface area (Å²) in [7, 11) is -2.08. The van der Waals surface area contributed by atoms with Crippen LogP contribution >= 0.6 is 22.9 Å². The van der Waals surface area contributed by atoms with Gasteiger partial charge in [0, 0.05) is 23.5 Å². The van der Waals surface area contributed by atoms with Crippen molar-refractivity contribution < 1.29 is 8.42 Å². The molecule has 0 amide bonds. The second-order valence-electron chi connectivity index (χ2n) is 4.02. The largest absolute Gasteiger partial charge is 0.398 e. The minimum Gasteiger partial charge on any atom is -0.398 e. The fourth-order valence-corrected chi connectivity index (χ4v) is 3.89. The number of rotatable bonds is 4. The van der Waals surface area contributed by atoms with Crippen molar-refractivity contribution in [3.8, 4) is 0 Å². The van der Waals surface area contributed by atoms with Crippen LogP contribution in [0.4, 0.5) is 5.69 Å². The monoisotopic (exact) mass is 316 g/mol. The zero-order valence-electron chi connectivity index (χ0n) is 10.2. The number of nitrogens with two attached hydrogens (primary N) is 1. The van der Waals surface area contributed by atoms with Crippen LogP contribution in [0.15, 0.2) is 40.6 Å². The van der Waals surface area contributed by atoms with Gasteiger partial charge in [-0.3, -0.25) is 0 Å². The third-order valence-electron chi connectivity index (χ3n) is 2.62. The number of sulfonamides is 1. The van der Waals surface area contributed by atoms with Crippen LogP contribution in [0.3, 0.4) is 0 Å². The maximum absolute atomic E-state index is 12.4. The van der Waals surface area contributed by atoms with E-state index in [0.29, 0.717) is 11.6 Å². The second kappa shape index (κ2) is 5.50. The van der Waals surface area contributed by atoms with E-state index >= 15 is 0 Å². The van der Waals surface area contributed by atoms with E-state index in [-0.39, 0.29) is 10.6 Å². The zero-order chi connectivity index (χ0) is 14.0. The van der Waals surface area contributed by atoms with Crippen LogP contribution in [0.2, 0.25) is 5.02 Å². The molecule has 1 aromatic heterocycles. The maximum atomic E-state index is 12.4. The van der Waals surface area contributed by atoms with Crippen molar-refractivity contribution in [1.29, 1.82) is 0 Å². The Morgan fingerprint density at radius 3 is 2.68 bits per heavy atom. The summed E-state index contributed by atoms with van der Waals surface area (Å²) < 4.78 is 26.1. The quantitative estimate of drug-likeness (QED) is 0.882. The number of hydrogen-bond acceptors (Lipinski definition) is 4. The first-order chi connectivity index (χ1) is 8.91. The summed E-state index contributed by atoms with van der Waals surface area (Å²) >= 11 is 7.29. The fraction of sp³-hybridized carbons (Fsp3) is 0.167. The summed E-state index contributed by atoms with van der Waals surface area (Å²) in [6, 6.07) is 8.16. The average Bonchev–Trinajstić information content (AvgIpc) is 2.81. The van der Waals surface area contributed by atoms with Gasteiger partial charge in [-0.15, -0.1) is 11.3 Å². The molecule has 2 rings (SSSR count). The molecular weight excluding hydrogens is 304 g/mol. The first-order valence-corrected chi connectivity index (χ1v) is 8.15. The lowest BCUT2D eigenvalue weighted by Gasteiger charge is -2.17. The number of nitrogen functional groups attached to an aromatic ring is 1. The van der Waals surface area contributed by atoms with Gasteiger partial charge in [-0.25, -0.2) is 8.42 Å². The van der Waals surface area contributed by atoms with Gasteiger partial charge in [-0.1, -0.05) is 17.7 Å². The van der Waals surface area contributed by atoms with Crippen LogP contribution in [0.25, 0.3) is 0 Å². The van der Waals surface area contributed by atoms with Gasteiger partial charge in [0.15, 0.2) is 0 Å². The lowest BCUT2D eigenvalue weighted by atomic mass is 10.3. The number of hydrogen-bond donors (Lipinski definition) is 1. The lowest BCUT2D eigenvalue weighted by molar-refractivity contribution is 0.470. The molecule has 19 heavy (non-hydrogen) atoms. The van der Waals surface area contributed by atoms with Crippen LogP contribution in [-0.2, 0) is 16.6 Å². The van der Waals surface area contributed by atoms with Crippen molar-refractivity contribution in [2.45, 2.75) is 11.4 Å². The minimum atomic E-state index is -3.61. The van der Waals surface area contributed by atoms with E-state index in [0.717, 1.165) is 4.88 Å². The Morgan fingerprint density at radius 1 is 1.37 bits per heavy atom. The molecule has 0 unspecified atom stereocenters. The molecule has 0 saturated carbocycles. The Labute approximate surface area is 121 Å². The van der Waals surface area contributed by atoms with Crippen LogP contribution in [0, 0.1) is 0 Å². The van der Waals surface area contributed by atoms with Gasteiger partial charge >= 0.3 is 0 Å². The molecule has 1 aromatic carbocycles. The standard InChI is InChI=1S/C12H13ClN2O2S2/c1-15(8-10-3-2-6-18-10)19(16,17)12-5-4-9(13)7-11(12)14/h2-7H,8,14H2,1H3. The van der Waals surface area contributed by atoms with E-state index < -0.39 is 10.0 Å². The summed E-state index contributed by atoms with van der Waals surface area (Å²) in [4.78, 5) is 1.05. The van der Waals surface area contributed by atoms with E-state index in [1.54, 1.807) is 0 Å². The number of thiophene rings is 1. The molecule has 4 nitrogen and oxygen atoms in total. The Balaban J connectivity index is 2.31. The van der Waals surface area contributed by atoms with Crippen molar-refractivity contribution in [2.75, 3.05) is 12.8 Å². The molecular formula is C12H13ClN2O2S2. The summed E-state index contributed by atoms with van der Waals surface area (Å²) in [5, 5.41) is 2.32. The van der Waals surface area contributed by atoms with Crippen LogP contribution < -0.4 is 5.73 Å². The van der Waals surface area contributed by atoms with E-state index in [4.69, 9.17) is 17.3 Å². The number of benzene rings is 1. The molecule has 0 spiro atoms. The normalized spacial score (nSPS) is 11.9. The molecule has 0 aliphatic rings. The van der Waals surface area contributed by atoms with Gasteiger partial charge in [0.1, 0.15) is 4.90 Å². The Morgan fingerprint density at radius 2 is 2.11 bits per heavy atom. The molecule has 0 bridgehead atoms. The van der Waals surface area contributed by atoms with Gasteiger partial charge in [0.25, 0.3) is 0 Å². The van der Waals surface area contributed by atoms with Gasteiger partial charge in [-0.2, -0.15) is 4.31 Å². The minimum absolute atomic E-state index is 0.0796. The highest BCUT2D eigenvalue weighted by atomic mass is 35.5. The van der Waals surface area contributed by atoms with Gasteiger partial charge in [-0.05, 0) is 29.6 Å². The number of halogens is 1. The van der Waals surface area contributed by atoms with Crippen molar-refractivity contribution in [3.63, 3.8) is 0 Å². The number of anilines is 1. The van der Waals surface area contributed by atoms with E-state index in [9.17, 15) is 8.42 Å². The molecule has 1 heterocycles. The smallest absolute Gasteiger partial charge is 0.245 e. The second-order valence-corrected chi connectivity index (χ2v) is 7.50. The highest BCUT2D eigenvalue weighted by Crippen LogP contribution is 2.26. The molecule has 2 N–H and O–H groups in total. The van der Waals surface area contributed by atoms with Gasteiger partial charge in [0.2, 0.25) is 10.0 Å². The Bertz CT molecular complexity index is 669. The molecule has 2 aromatic rings. The van der Waals surface area contributed by atoms with Crippen LogP contribution in [0.1, 0.15) is 4.88 Å². The SMILES string of the molecule is CN(Cc1cccs1)S(=O)(=O)c1ccc(Cl)cc1N. The molecule has 7 heteroatoms. The maximum Gasteiger partial charge on any atom is 0.245 e. The zero-order valence-corrected chi connectivity index (χ0v) is 12.6. The van der Waals surface area contributed by atoms with Crippen molar-refractivity contribution in [1.82, 2.24) is 4.31 Å². The molecule has 0 saturated heterocycles. The predicted molar refractivity (Wildman–Crippen MR) is 78.8 cm³/mol. The predicted octanol–water partition coefficient (Wildman–Crippen LogP) is 2.80. The third kappa shape index (κ3) is 3.09. The highest BCUT2D eigenvalue weighted by Gasteiger charge is 2.23. The van der Waals surface area contributed by atoms with E-state index in [1.807, 2.05) is 17.5 Å². The van der Waals surface area contributed by atoms with Crippen LogP contribution in [-0.4, -0.2) is 19.8 Å². The van der Waals surface area contributed by atoms with Crippen molar-refractivity contribution >= 4 is 38.6 Å². The summed E-state index contributed by atoms with van der Waals surface area (Å²) in [6.07, 6.45) is 0. The average molecular weight is 317 g/mol. The van der Waals surface area contributed by atoms with Crippen molar-refractivity contribution in [3.05, 3.63) is 45.6 Å². The molecule has 102 valence electrons. The molecule has 0 aliphatic heterocycles. The van der Waals surface area contributed by atoms with E-state index in [2.05, 4.69) is 0 Å². The Kier molecular flexibility index (Phi) is 4.15. The number of nitrogens with zero attached hydrogens (tertiary/aromatic N) is 1. The molecule has 0 atom stereocenters. The first-order valence-electron chi connectivity index (χ1n) is 5.45. The first kappa shape index (κ1) is 14.3. The molecule has 0 radical (unpaired) electrons. The summed E-state index contributed by atoms with van der Waals surface area (Å²) in [5.41, 5.74) is 5.89. The topological polar surface area (TPSA) is 63.4 Å². The third-order valence-corrected chi connectivity index (χ3v) is 5.59. The summed E-state index contributed by atoms with van der Waals surface area (Å²) in [6.45, 7) is 0.321. The van der Waals surface area contributed by atoms with E-state index in [1.165, 1.54) is 40.9 Å². The van der Waals surface area contributed by atoms with Gasteiger partial charge < -0.3 is 5.73 Å². The van der Waals surface area contributed by atoms with Gasteiger partial charge in [0.05, 0.1) is 5.69 Å². The summed E-state index contributed by atoms with van der Waals surface area (Å²) in [5.74, 6) is 0. The highest BCUT2D eigenvalue weighted by molar-refractivity contribution is 7.89. The van der Waals surface area contributed by atoms with Crippen LogP contribution in [0.5, 0.6) is 0 Å². The molecule has 0 aliphatic carbocycles. The fourth-order valence-electron chi connectivity index (χ4n) is 1.63. The Hall–Kier alpha value is -1.08. The lowest BCUT2D eigenvalue weighted by Crippen LogP contribution is -2.26. The molecule has 0 fully saturated rings.